The third-order valence-electron chi connectivity index (χ3n) is 10.3. The molecule has 0 radical (unpaired) electrons. The number of ether oxygens (including phenoxy) is 1. The van der Waals surface area contributed by atoms with Gasteiger partial charge in [-0.25, -0.2) is 8.78 Å². The van der Waals surface area contributed by atoms with Crippen molar-refractivity contribution in [1.29, 1.82) is 0 Å². The van der Waals surface area contributed by atoms with E-state index in [1.807, 2.05) is 23.1 Å². The fourth-order valence-electron chi connectivity index (χ4n) is 7.61. The number of fused-ring (bicyclic) bond motifs is 2. The van der Waals surface area contributed by atoms with Gasteiger partial charge in [-0.1, -0.05) is 68.4 Å². The van der Waals surface area contributed by atoms with Crippen LogP contribution in [0, 0.1) is 11.6 Å². The molecule has 5 aromatic rings. The van der Waals surface area contributed by atoms with Crippen molar-refractivity contribution in [2.75, 3.05) is 56.7 Å². The first-order valence-corrected chi connectivity index (χ1v) is 19.1. The van der Waals surface area contributed by atoms with E-state index in [0.717, 1.165) is 6.07 Å². The van der Waals surface area contributed by atoms with Gasteiger partial charge in [0.15, 0.2) is 11.3 Å². The predicted molar refractivity (Wildman–Crippen MR) is 198 cm³/mol. The molecular formula is C40H41F2N3O5Si. The zero-order valence-electron chi connectivity index (χ0n) is 29.2. The number of anilines is 2. The molecule has 4 aromatic carbocycles. The SMILES string of the molecule is CC(Nc1cc(F)cc(F)c1)c1cc(C(=O)N(C)CCO[Si]2(c3ccccc3)c3ccccc3C2(C)C)cc2c(=O)cc(N3CCOCC3)oc12. The normalized spacial score (nSPS) is 18.5. The molecule has 51 heavy (non-hydrogen) atoms. The Hall–Kier alpha value is -4.84. The quantitative estimate of drug-likeness (QED) is 0.185. The van der Waals surface area contributed by atoms with Crippen LogP contribution in [0.1, 0.15) is 48.3 Å². The van der Waals surface area contributed by atoms with Gasteiger partial charge in [0.2, 0.25) is 0 Å². The van der Waals surface area contributed by atoms with Crippen LogP contribution in [0.3, 0.4) is 0 Å². The number of nitrogens with zero attached hydrogens (tertiary/aromatic N) is 2. The Labute approximate surface area is 296 Å². The molecule has 0 bridgehead atoms. The monoisotopic (exact) mass is 709 g/mol. The standard InChI is InChI=1S/C40H41F2N3O5Si/c1-26(43-30-23-28(41)22-29(42)24-30)32-20-27(21-33-35(46)25-37(50-38(32)33)45-15-17-48-18-16-45)39(47)44(4)14-19-49-51(31-10-6-5-7-11-31)36-13-9-8-12-34(36)40(51,2)3/h5-13,20-26,43H,14-19H2,1-4H3. The zero-order chi connectivity index (χ0) is 35.9. The lowest BCUT2D eigenvalue weighted by molar-refractivity contribution is 0.0770. The lowest BCUT2D eigenvalue weighted by Crippen LogP contribution is -2.81. The van der Waals surface area contributed by atoms with Crippen molar-refractivity contribution in [1.82, 2.24) is 4.90 Å². The molecule has 1 amide bonds. The molecule has 0 aliphatic carbocycles. The van der Waals surface area contributed by atoms with Crippen LogP contribution in [0.2, 0.25) is 0 Å². The first-order valence-electron chi connectivity index (χ1n) is 17.2. The van der Waals surface area contributed by atoms with Crippen LogP contribution in [0.25, 0.3) is 11.0 Å². The van der Waals surface area contributed by atoms with E-state index < -0.39 is 26.0 Å². The molecule has 1 aromatic heterocycles. The summed E-state index contributed by atoms with van der Waals surface area (Å²) in [6, 6.07) is 26.1. The average molecular weight is 710 g/mol. The van der Waals surface area contributed by atoms with Crippen LogP contribution < -0.4 is 26.0 Å². The molecule has 1 fully saturated rings. The molecule has 7 rings (SSSR count). The Kier molecular flexibility index (Phi) is 9.30. The van der Waals surface area contributed by atoms with Crippen LogP contribution in [0.5, 0.6) is 0 Å². The van der Waals surface area contributed by atoms with Crippen molar-refractivity contribution >= 4 is 47.1 Å². The minimum absolute atomic E-state index is 0.178. The van der Waals surface area contributed by atoms with Crippen molar-refractivity contribution in [2.24, 2.45) is 0 Å². The van der Waals surface area contributed by atoms with Crippen LogP contribution in [-0.2, 0) is 14.2 Å². The van der Waals surface area contributed by atoms with Crippen molar-refractivity contribution in [2.45, 2.75) is 31.9 Å². The molecule has 1 saturated heterocycles. The van der Waals surface area contributed by atoms with Gasteiger partial charge >= 0.3 is 0 Å². The van der Waals surface area contributed by atoms with E-state index in [9.17, 15) is 18.4 Å². The molecule has 11 heteroatoms. The maximum absolute atomic E-state index is 14.1. The van der Waals surface area contributed by atoms with E-state index in [4.69, 9.17) is 13.6 Å². The van der Waals surface area contributed by atoms with Crippen molar-refractivity contribution in [3.05, 3.63) is 130 Å². The Balaban J connectivity index is 1.19. The average Bonchev–Trinajstić information content (AvgIpc) is 3.12. The topological polar surface area (TPSA) is 84.3 Å². The maximum atomic E-state index is 14.1. The van der Waals surface area contributed by atoms with Crippen molar-refractivity contribution in [3.8, 4) is 0 Å². The molecule has 2 atom stereocenters. The Morgan fingerprint density at radius 2 is 1.67 bits per heavy atom. The number of likely N-dealkylation sites (N-methyl/N-ethyl adjacent to an activating group) is 1. The number of hydrogen-bond donors (Lipinski definition) is 1. The highest BCUT2D eigenvalue weighted by molar-refractivity contribution is 7.03. The Bertz CT molecular complexity index is 2130. The van der Waals surface area contributed by atoms with E-state index in [-0.39, 0.29) is 33.0 Å². The van der Waals surface area contributed by atoms with E-state index in [2.05, 4.69) is 55.6 Å². The number of halogens is 2. The summed E-state index contributed by atoms with van der Waals surface area (Å²) >= 11 is 0. The number of rotatable bonds is 10. The second-order valence-electron chi connectivity index (χ2n) is 13.8. The molecule has 0 spiro atoms. The fraction of sp³-hybridized carbons (Fsp3) is 0.300. The van der Waals surface area contributed by atoms with Gasteiger partial charge in [0, 0.05) is 60.7 Å². The van der Waals surface area contributed by atoms with E-state index in [1.54, 1.807) is 31.0 Å². The fourth-order valence-corrected chi connectivity index (χ4v) is 12.6. The smallest absolute Gasteiger partial charge is 0.266 e. The molecule has 1 N–H and O–H groups in total. The minimum atomic E-state index is -2.65. The van der Waals surface area contributed by atoms with Gasteiger partial charge in [0.25, 0.3) is 14.2 Å². The number of amides is 1. The van der Waals surface area contributed by atoms with Crippen LogP contribution in [-0.4, -0.2) is 65.6 Å². The van der Waals surface area contributed by atoms with Gasteiger partial charge < -0.3 is 28.7 Å². The predicted octanol–water partition coefficient (Wildman–Crippen LogP) is 5.76. The summed E-state index contributed by atoms with van der Waals surface area (Å²) in [4.78, 5) is 31.3. The summed E-state index contributed by atoms with van der Waals surface area (Å²) in [7, 11) is -0.930. The molecule has 2 unspecified atom stereocenters. The summed E-state index contributed by atoms with van der Waals surface area (Å²) in [6.07, 6.45) is 0. The molecule has 3 heterocycles. The van der Waals surface area contributed by atoms with E-state index in [0.29, 0.717) is 56.5 Å². The summed E-state index contributed by atoms with van der Waals surface area (Å²) in [5.74, 6) is -1.36. The number of nitrogens with one attached hydrogen (secondary N) is 1. The van der Waals surface area contributed by atoms with Crippen LogP contribution in [0.15, 0.2) is 100 Å². The lowest BCUT2D eigenvalue weighted by atomic mass is 9.99. The molecule has 2 aliphatic heterocycles. The molecular weight excluding hydrogens is 669 g/mol. The summed E-state index contributed by atoms with van der Waals surface area (Å²) < 4.78 is 47.0. The summed E-state index contributed by atoms with van der Waals surface area (Å²) in [5.41, 5.74) is 2.28. The second kappa shape index (κ2) is 13.7. The van der Waals surface area contributed by atoms with Gasteiger partial charge in [-0.2, -0.15) is 0 Å². The first-order chi connectivity index (χ1) is 24.5. The van der Waals surface area contributed by atoms with Crippen molar-refractivity contribution in [3.63, 3.8) is 0 Å². The number of carbonyl (C=O) groups excluding carboxylic acids is 1. The number of hydrogen-bond acceptors (Lipinski definition) is 7. The molecule has 8 nitrogen and oxygen atoms in total. The minimum Gasteiger partial charge on any atom is -0.440 e. The highest BCUT2D eigenvalue weighted by Crippen LogP contribution is 2.42. The Morgan fingerprint density at radius 1 is 0.980 bits per heavy atom. The van der Waals surface area contributed by atoms with E-state index >= 15 is 0 Å². The molecule has 0 saturated carbocycles. The van der Waals surface area contributed by atoms with E-state index in [1.165, 1.54) is 34.1 Å². The highest BCUT2D eigenvalue weighted by Gasteiger charge is 2.62. The highest BCUT2D eigenvalue weighted by atomic mass is 28.4. The molecule has 264 valence electrons. The third-order valence-corrected chi connectivity index (χ3v) is 15.3. The van der Waals surface area contributed by atoms with Gasteiger partial charge in [-0.05, 0) is 47.1 Å². The lowest BCUT2D eigenvalue weighted by Gasteiger charge is -2.55. The number of morpholine rings is 1. The first kappa shape index (κ1) is 34.6. The van der Waals surface area contributed by atoms with Gasteiger partial charge in [-0.15, -0.1) is 0 Å². The van der Waals surface area contributed by atoms with Crippen molar-refractivity contribution < 1.29 is 27.2 Å². The van der Waals surface area contributed by atoms with Crippen LogP contribution in [0.4, 0.5) is 20.4 Å². The van der Waals surface area contributed by atoms with Gasteiger partial charge in [-0.3, -0.25) is 9.59 Å². The maximum Gasteiger partial charge on any atom is 0.266 e. The second-order valence-corrected chi connectivity index (χ2v) is 17.8. The Morgan fingerprint density at radius 3 is 2.39 bits per heavy atom. The summed E-state index contributed by atoms with van der Waals surface area (Å²) in [6.45, 7) is 9.01. The van der Waals surface area contributed by atoms with Gasteiger partial charge in [0.05, 0.1) is 31.2 Å². The summed E-state index contributed by atoms with van der Waals surface area (Å²) in [5, 5.41) is 5.62. The zero-order valence-corrected chi connectivity index (χ0v) is 30.2. The largest absolute Gasteiger partial charge is 0.440 e. The van der Waals surface area contributed by atoms with Crippen LogP contribution >= 0.6 is 0 Å². The van der Waals surface area contributed by atoms with Gasteiger partial charge in [0.1, 0.15) is 17.2 Å². The number of carbonyl (C=O) groups is 1. The molecule has 2 aliphatic rings. The third kappa shape index (κ3) is 6.23. The number of benzene rings is 4.